The van der Waals surface area contributed by atoms with Crippen LogP contribution >= 0.6 is 0 Å². The number of hydrogen-bond acceptors (Lipinski definition) is 2. The van der Waals surface area contributed by atoms with Crippen molar-refractivity contribution >= 4 is 17.6 Å². The summed E-state index contributed by atoms with van der Waals surface area (Å²) in [5, 5.41) is 11.5. The molecule has 0 aromatic heterocycles. The number of carbonyl (C=O) groups is 2. The molecule has 2 aromatic carbocycles. The van der Waals surface area contributed by atoms with Crippen molar-refractivity contribution in [3.63, 3.8) is 0 Å². The molecule has 2 aromatic rings. The maximum atomic E-state index is 12.5. The summed E-state index contributed by atoms with van der Waals surface area (Å²) in [4.78, 5) is 23.0. The first kappa shape index (κ1) is 17.5. The minimum Gasteiger partial charge on any atom is -0.478 e. The number of anilines is 1. The number of aromatic carboxylic acids is 1. The molecule has 2 rings (SSSR count). The van der Waals surface area contributed by atoms with Crippen LogP contribution in [0.4, 0.5) is 18.9 Å². The van der Waals surface area contributed by atoms with Crippen LogP contribution in [0.1, 0.15) is 27.9 Å². The van der Waals surface area contributed by atoms with E-state index < -0.39 is 23.6 Å². The zero-order valence-corrected chi connectivity index (χ0v) is 12.4. The lowest BCUT2D eigenvalue weighted by Gasteiger charge is -2.09. The fraction of sp³-hybridized carbons (Fsp3) is 0.176. The van der Waals surface area contributed by atoms with Crippen molar-refractivity contribution in [2.45, 2.75) is 19.0 Å². The van der Waals surface area contributed by atoms with Crippen molar-refractivity contribution < 1.29 is 27.9 Å². The first-order valence-electron chi connectivity index (χ1n) is 7.05. The molecule has 0 aliphatic heterocycles. The van der Waals surface area contributed by atoms with Crippen LogP contribution in [0.15, 0.2) is 48.5 Å². The lowest BCUT2D eigenvalue weighted by atomic mass is 10.1. The van der Waals surface area contributed by atoms with Crippen LogP contribution in [0.5, 0.6) is 0 Å². The number of amides is 1. The molecular formula is C17H14F3NO3. The molecule has 126 valence electrons. The highest BCUT2D eigenvalue weighted by atomic mass is 19.4. The van der Waals surface area contributed by atoms with Crippen molar-refractivity contribution in [1.29, 1.82) is 0 Å². The van der Waals surface area contributed by atoms with Crippen molar-refractivity contribution in [3.8, 4) is 0 Å². The number of hydrogen-bond donors (Lipinski definition) is 2. The highest BCUT2D eigenvalue weighted by molar-refractivity contribution is 6.00. The van der Waals surface area contributed by atoms with Gasteiger partial charge in [-0.15, -0.1) is 0 Å². The summed E-state index contributed by atoms with van der Waals surface area (Å²) >= 11 is 0. The Bertz CT molecular complexity index is 739. The van der Waals surface area contributed by atoms with E-state index in [1.165, 1.54) is 24.3 Å². The molecule has 0 saturated carbocycles. The fourth-order valence-electron chi connectivity index (χ4n) is 2.11. The van der Waals surface area contributed by atoms with Crippen molar-refractivity contribution in [2.24, 2.45) is 0 Å². The molecule has 1 amide bonds. The maximum Gasteiger partial charge on any atom is 0.416 e. The summed E-state index contributed by atoms with van der Waals surface area (Å²) < 4.78 is 37.4. The summed E-state index contributed by atoms with van der Waals surface area (Å²) in [6.07, 6.45) is -4.12. The molecule has 0 bridgehead atoms. The van der Waals surface area contributed by atoms with Crippen LogP contribution in [0.2, 0.25) is 0 Å². The van der Waals surface area contributed by atoms with Gasteiger partial charge < -0.3 is 10.4 Å². The SMILES string of the molecule is O=C(CCc1ccc(C(F)(F)F)cc1)Nc1ccccc1C(=O)O. The summed E-state index contributed by atoms with van der Waals surface area (Å²) in [5.41, 5.74) is -0.00134. The monoisotopic (exact) mass is 337 g/mol. The van der Waals surface area contributed by atoms with Crippen molar-refractivity contribution in [2.75, 3.05) is 5.32 Å². The third kappa shape index (κ3) is 4.58. The molecule has 0 fully saturated rings. The van der Waals surface area contributed by atoms with E-state index in [-0.39, 0.29) is 24.1 Å². The topological polar surface area (TPSA) is 66.4 Å². The van der Waals surface area contributed by atoms with Gasteiger partial charge in [-0.2, -0.15) is 13.2 Å². The Balaban J connectivity index is 1.96. The predicted octanol–water partition coefficient (Wildman–Crippen LogP) is 3.97. The standard InChI is InChI=1S/C17H14F3NO3/c18-17(19,20)12-8-5-11(6-9-12)7-10-15(22)21-14-4-2-1-3-13(14)16(23)24/h1-6,8-9H,7,10H2,(H,21,22)(H,23,24). The molecule has 0 saturated heterocycles. The van der Waals surface area contributed by atoms with Gasteiger partial charge >= 0.3 is 12.1 Å². The highest BCUT2D eigenvalue weighted by Gasteiger charge is 2.29. The molecule has 2 N–H and O–H groups in total. The van der Waals surface area contributed by atoms with Gasteiger partial charge in [0.2, 0.25) is 5.91 Å². The number of alkyl halides is 3. The van der Waals surface area contributed by atoms with E-state index in [1.807, 2.05) is 0 Å². The quantitative estimate of drug-likeness (QED) is 0.867. The van der Waals surface area contributed by atoms with Gasteiger partial charge in [0.15, 0.2) is 0 Å². The largest absolute Gasteiger partial charge is 0.478 e. The minimum absolute atomic E-state index is 0.0271. The lowest BCUT2D eigenvalue weighted by Crippen LogP contribution is -2.15. The van der Waals surface area contributed by atoms with E-state index in [0.29, 0.717) is 5.56 Å². The summed E-state index contributed by atoms with van der Waals surface area (Å²) in [6, 6.07) is 10.6. The minimum atomic E-state index is -4.39. The Morgan fingerprint density at radius 1 is 1.00 bits per heavy atom. The van der Waals surface area contributed by atoms with Gasteiger partial charge in [0.05, 0.1) is 16.8 Å². The number of carboxylic acid groups (broad SMARTS) is 1. The molecule has 0 heterocycles. The van der Waals surface area contributed by atoms with Gasteiger partial charge in [-0.1, -0.05) is 24.3 Å². The molecule has 4 nitrogen and oxygen atoms in total. The van der Waals surface area contributed by atoms with Crippen LogP contribution in [-0.2, 0) is 17.4 Å². The first-order valence-corrected chi connectivity index (χ1v) is 7.05. The van der Waals surface area contributed by atoms with Gasteiger partial charge in [0.1, 0.15) is 0 Å². The first-order chi connectivity index (χ1) is 11.3. The third-order valence-corrected chi connectivity index (χ3v) is 3.35. The van der Waals surface area contributed by atoms with Gasteiger partial charge in [-0.3, -0.25) is 4.79 Å². The summed E-state index contributed by atoms with van der Waals surface area (Å²) in [7, 11) is 0. The normalized spacial score (nSPS) is 11.1. The highest BCUT2D eigenvalue weighted by Crippen LogP contribution is 2.29. The molecule has 0 spiro atoms. The van der Waals surface area contributed by atoms with E-state index >= 15 is 0 Å². The second-order valence-corrected chi connectivity index (χ2v) is 5.09. The van der Waals surface area contributed by atoms with E-state index in [1.54, 1.807) is 12.1 Å². The summed E-state index contributed by atoms with van der Waals surface area (Å²) in [6.45, 7) is 0. The van der Waals surface area contributed by atoms with Gasteiger partial charge in [0.25, 0.3) is 0 Å². The number of nitrogens with one attached hydrogen (secondary N) is 1. The van der Waals surface area contributed by atoms with E-state index in [9.17, 15) is 22.8 Å². The Kier molecular flexibility index (Phi) is 5.23. The number of aryl methyl sites for hydroxylation is 1. The molecule has 7 heteroatoms. The predicted molar refractivity (Wildman–Crippen MR) is 81.8 cm³/mol. The van der Waals surface area contributed by atoms with Gasteiger partial charge in [-0.25, -0.2) is 4.79 Å². The Labute approximate surface area is 135 Å². The zero-order valence-electron chi connectivity index (χ0n) is 12.4. The van der Waals surface area contributed by atoms with Gasteiger partial charge in [0, 0.05) is 6.42 Å². The van der Waals surface area contributed by atoms with E-state index in [4.69, 9.17) is 5.11 Å². The number of halogens is 3. The van der Waals surface area contributed by atoms with Crippen LogP contribution < -0.4 is 5.32 Å². The van der Waals surface area contributed by atoms with Crippen LogP contribution in [0.25, 0.3) is 0 Å². The summed E-state index contributed by atoms with van der Waals surface area (Å²) in [5.74, 6) is -1.57. The maximum absolute atomic E-state index is 12.5. The molecule has 0 aliphatic rings. The van der Waals surface area contributed by atoms with Crippen LogP contribution in [0, 0.1) is 0 Å². The van der Waals surface area contributed by atoms with Crippen molar-refractivity contribution in [1.82, 2.24) is 0 Å². The third-order valence-electron chi connectivity index (χ3n) is 3.35. The number of benzene rings is 2. The van der Waals surface area contributed by atoms with E-state index in [0.717, 1.165) is 12.1 Å². The lowest BCUT2D eigenvalue weighted by molar-refractivity contribution is -0.137. The second-order valence-electron chi connectivity index (χ2n) is 5.09. The average Bonchev–Trinajstić information content (AvgIpc) is 2.53. The average molecular weight is 337 g/mol. The fourth-order valence-corrected chi connectivity index (χ4v) is 2.11. The number of carboxylic acids is 1. The molecular weight excluding hydrogens is 323 g/mol. The van der Waals surface area contributed by atoms with Crippen LogP contribution in [-0.4, -0.2) is 17.0 Å². The second kappa shape index (κ2) is 7.16. The van der Waals surface area contributed by atoms with E-state index in [2.05, 4.69) is 5.32 Å². The number of carbonyl (C=O) groups excluding carboxylic acids is 1. The molecule has 0 radical (unpaired) electrons. The van der Waals surface area contributed by atoms with Crippen LogP contribution in [0.3, 0.4) is 0 Å². The number of para-hydroxylation sites is 1. The molecule has 24 heavy (non-hydrogen) atoms. The zero-order chi connectivity index (χ0) is 17.7. The Hall–Kier alpha value is -2.83. The molecule has 0 atom stereocenters. The molecule has 0 unspecified atom stereocenters. The molecule has 0 aliphatic carbocycles. The smallest absolute Gasteiger partial charge is 0.416 e. The Morgan fingerprint density at radius 3 is 2.21 bits per heavy atom. The number of rotatable bonds is 5. The van der Waals surface area contributed by atoms with Crippen molar-refractivity contribution in [3.05, 3.63) is 65.2 Å². The van der Waals surface area contributed by atoms with Gasteiger partial charge in [-0.05, 0) is 36.2 Å². The Morgan fingerprint density at radius 2 is 1.62 bits per heavy atom.